The number of rotatable bonds is 16. The second-order valence-electron chi connectivity index (χ2n) is 7.25. The Hall–Kier alpha value is -2.76. The molecule has 0 aliphatic carbocycles. The Morgan fingerprint density at radius 2 is 1.97 bits per heavy atom. The minimum atomic E-state index is -0.550. The van der Waals surface area contributed by atoms with Gasteiger partial charge < -0.3 is 30.2 Å². The molecule has 34 heavy (non-hydrogen) atoms. The zero-order chi connectivity index (χ0) is 25.0. The highest BCUT2D eigenvalue weighted by Gasteiger charge is 2.13. The summed E-state index contributed by atoms with van der Waals surface area (Å²) in [7, 11) is 0. The number of carbonyl (C=O) groups excluding carboxylic acids is 2. The van der Waals surface area contributed by atoms with Crippen LogP contribution in [0.25, 0.3) is 0 Å². The van der Waals surface area contributed by atoms with Gasteiger partial charge in [-0.25, -0.2) is 0 Å². The Balaban J connectivity index is 2.35. The predicted molar refractivity (Wildman–Crippen MR) is 132 cm³/mol. The molecule has 0 aliphatic heterocycles. The van der Waals surface area contributed by atoms with Crippen molar-refractivity contribution in [2.45, 2.75) is 38.7 Å². The number of nitrogens with zero attached hydrogens (tertiary/aromatic N) is 1. The molecule has 0 spiro atoms. The van der Waals surface area contributed by atoms with E-state index in [1.54, 1.807) is 24.3 Å². The van der Waals surface area contributed by atoms with E-state index in [4.69, 9.17) is 19.5 Å². The molecule has 0 aliphatic rings. The van der Waals surface area contributed by atoms with Gasteiger partial charge >= 0.3 is 0 Å². The van der Waals surface area contributed by atoms with E-state index in [-0.39, 0.29) is 38.2 Å². The predicted octanol–water partition coefficient (Wildman–Crippen LogP) is 1.90. The molecule has 0 fully saturated rings. The number of benzene rings is 1. The molecule has 3 N–H and O–H groups in total. The number of thioether (sulfide) groups is 1. The maximum atomic E-state index is 12.3. The van der Waals surface area contributed by atoms with Crippen LogP contribution in [0.1, 0.15) is 37.6 Å². The van der Waals surface area contributed by atoms with Crippen LogP contribution in [0.3, 0.4) is 0 Å². The van der Waals surface area contributed by atoms with Gasteiger partial charge in [-0.3, -0.25) is 9.59 Å². The van der Waals surface area contributed by atoms with E-state index >= 15 is 0 Å². The molecule has 0 bridgehead atoms. The second-order valence-corrected chi connectivity index (χ2v) is 8.19. The van der Waals surface area contributed by atoms with E-state index in [0.29, 0.717) is 37.0 Å². The van der Waals surface area contributed by atoms with Gasteiger partial charge in [0.15, 0.2) is 5.44 Å². The number of hydrogen-bond donors (Lipinski definition) is 3. The van der Waals surface area contributed by atoms with Gasteiger partial charge in [0.1, 0.15) is 24.4 Å². The van der Waals surface area contributed by atoms with Gasteiger partial charge in [0, 0.05) is 31.1 Å². The van der Waals surface area contributed by atoms with E-state index in [1.165, 1.54) is 0 Å². The Labute approximate surface area is 206 Å². The number of amides is 2. The molecule has 0 heterocycles. The van der Waals surface area contributed by atoms with Crippen molar-refractivity contribution < 1.29 is 23.8 Å². The number of nitrogens with one attached hydrogen (secondary N) is 3. The molecule has 1 atom stereocenters. The fraction of sp³-hybridized carbons (Fsp3) is 0.542. The first-order valence-corrected chi connectivity index (χ1v) is 12.0. The number of hydrogen-bond acceptors (Lipinski definition) is 8. The van der Waals surface area contributed by atoms with Crippen LogP contribution >= 0.6 is 11.8 Å². The fourth-order valence-electron chi connectivity index (χ4n) is 2.49. The van der Waals surface area contributed by atoms with Crippen molar-refractivity contribution in [1.29, 1.82) is 5.26 Å². The topological polar surface area (TPSA) is 122 Å². The minimum absolute atomic E-state index is 0.0912. The molecule has 0 radical (unpaired) electrons. The number of ether oxygens (including phenoxy) is 3. The first kappa shape index (κ1) is 29.3. The second kappa shape index (κ2) is 18.6. The lowest BCUT2D eigenvalue weighted by Gasteiger charge is -2.16. The van der Waals surface area contributed by atoms with Crippen LogP contribution in [-0.2, 0) is 14.3 Å². The third kappa shape index (κ3) is 14.4. The Kier molecular flexibility index (Phi) is 16.1. The summed E-state index contributed by atoms with van der Waals surface area (Å²) < 4.78 is 16.6. The van der Waals surface area contributed by atoms with E-state index in [1.807, 2.05) is 26.2 Å². The summed E-state index contributed by atoms with van der Waals surface area (Å²) in [6.07, 6.45) is 0.743. The number of carbonyl (C=O) groups is 2. The van der Waals surface area contributed by atoms with Crippen molar-refractivity contribution in [2.24, 2.45) is 0 Å². The fourth-order valence-corrected chi connectivity index (χ4v) is 2.91. The molecule has 1 rings (SSSR count). The van der Waals surface area contributed by atoms with Crippen LogP contribution in [-0.4, -0.2) is 69.4 Å². The van der Waals surface area contributed by atoms with Crippen molar-refractivity contribution in [1.82, 2.24) is 16.0 Å². The highest BCUT2D eigenvalue weighted by molar-refractivity contribution is 8.04. The molecule has 10 heteroatoms. The molecule has 186 valence electrons. The zero-order valence-corrected chi connectivity index (χ0v) is 20.8. The first-order valence-electron chi connectivity index (χ1n) is 11.2. The third-order valence-corrected chi connectivity index (χ3v) is 4.71. The summed E-state index contributed by atoms with van der Waals surface area (Å²) in [6.45, 7) is 7.93. The normalized spacial score (nSPS) is 11.1. The smallest absolute Gasteiger partial charge is 0.251 e. The van der Waals surface area contributed by atoms with Gasteiger partial charge in [-0.15, -0.1) is 5.92 Å². The van der Waals surface area contributed by atoms with Crippen LogP contribution in [0.5, 0.6) is 5.75 Å². The third-order valence-electron chi connectivity index (χ3n) is 4.07. The van der Waals surface area contributed by atoms with Crippen LogP contribution in [0.2, 0.25) is 0 Å². The van der Waals surface area contributed by atoms with Gasteiger partial charge in [0.05, 0.1) is 19.8 Å². The van der Waals surface area contributed by atoms with Crippen LogP contribution < -0.4 is 20.7 Å². The average molecular weight is 491 g/mol. The Morgan fingerprint density at radius 1 is 1.15 bits per heavy atom. The van der Waals surface area contributed by atoms with Gasteiger partial charge in [-0.1, -0.05) is 32.8 Å². The summed E-state index contributed by atoms with van der Waals surface area (Å²) >= 11 is 0.924. The first-order chi connectivity index (χ1) is 16.5. The van der Waals surface area contributed by atoms with E-state index in [9.17, 15) is 9.59 Å². The van der Waals surface area contributed by atoms with Crippen LogP contribution in [0.15, 0.2) is 24.3 Å². The summed E-state index contributed by atoms with van der Waals surface area (Å²) in [5, 5.41) is 19.7. The lowest BCUT2D eigenvalue weighted by Crippen LogP contribution is -2.34. The minimum Gasteiger partial charge on any atom is -0.490 e. The molecule has 1 aromatic carbocycles. The number of nitriles is 1. The lowest BCUT2D eigenvalue weighted by molar-refractivity contribution is -0.126. The summed E-state index contributed by atoms with van der Waals surface area (Å²) in [5.74, 6) is 5.74. The molecular weight excluding hydrogens is 456 g/mol. The molecular formula is C24H34N4O5S. The Morgan fingerprint density at radius 3 is 2.71 bits per heavy atom. The SMILES string of the molecule is CCC#CCNC(=O)COCCOC(COc1cccc(C(=O)NCCNC(C)C)c1)SC#N. The van der Waals surface area contributed by atoms with Crippen molar-refractivity contribution in [3.63, 3.8) is 0 Å². The van der Waals surface area contributed by atoms with Crippen molar-refractivity contribution >= 4 is 23.6 Å². The zero-order valence-electron chi connectivity index (χ0n) is 20.0. The van der Waals surface area contributed by atoms with Gasteiger partial charge in [0.25, 0.3) is 5.91 Å². The molecule has 2 amide bonds. The van der Waals surface area contributed by atoms with Gasteiger partial charge in [-0.2, -0.15) is 5.26 Å². The number of thiocyanates is 1. The molecule has 9 nitrogen and oxygen atoms in total. The van der Waals surface area contributed by atoms with Crippen LogP contribution in [0.4, 0.5) is 0 Å². The molecule has 1 aromatic rings. The monoisotopic (exact) mass is 490 g/mol. The van der Waals surface area contributed by atoms with E-state index in [2.05, 4.69) is 27.8 Å². The Bertz CT molecular complexity index is 848. The molecule has 0 aromatic heterocycles. The highest BCUT2D eigenvalue weighted by atomic mass is 32.2. The van der Waals surface area contributed by atoms with Gasteiger partial charge in [0.2, 0.25) is 5.91 Å². The van der Waals surface area contributed by atoms with Crippen molar-refractivity contribution in [3.05, 3.63) is 29.8 Å². The van der Waals surface area contributed by atoms with Crippen molar-refractivity contribution in [2.75, 3.05) is 46.1 Å². The average Bonchev–Trinajstić information content (AvgIpc) is 2.82. The van der Waals surface area contributed by atoms with Gasteiger partial charge in [-0.05, 0) is 30.0 Å². The molecule has 0 saturated carbocycles. The van der Waals surface area contributed by atoms with Crippen LogP contribution in [0, 0.1) is 22.5 Å². The van der Waals surface area contributed by atoms with E-state index in [0.717, 1.165) is 18.2 Å². The quantitative estimate of drug-likeness (QED) is 0.139. The molecule has 0 saturated heterocycles. The van der Waals surface area contributed by atoms with E-state index < -0.39 is 5.44 Å². The standard InChI is InChI=1S/C24H34N4O5S/c1-4-5-6-10-27-22(29)16-31-13-14-32-23(34-18-25)17-33-21-9-7-8-20(15-21)24(30)28-12-11-26-19(2)3/h7-9,15,19,23,26H,4,10-14,16-17H2,1-3H3,(H,27,29)(H,28,30). The van der Waals surface area contributed by atoms with Crippen molar-refractivity contribution in [3.8, 4) is 23.0 Å². The molecule has 1 unspecified atom stereocenters. The summed E-state index contributed by atoms with van der Waals surface area (Å²) in [6, 6.07) is 7.18. The maximum absolute atomic E-state index is 12.3. The largest absolute Gasteiger partial charge is 0.490 e. The maximum Gasteiger partial charge on any atom is 0.251 e. The summed E-state index contributed by atoms with van der Waals surface area (Å²) in [4.78, 5) is 23.9. The lowest BCUT2D eigenvalue weighted by atomic mass is 10.2. The summed E-state index contributed by atoms with van der Waals surface area (Å²) in [5.41, 5.74) is -0.0638. The highest BCUT2D eigenvalue weighted by Crippen LogP contribution is 2.17.